The molecule has 2 heterocycles. The van der Waals surface area contributed by atoms with Gasteiger partial charge in [-0.15, -0.1) is 0 Å². The Morgan fingerprint density at radius 3 is 2.96 bits per heavy atom. The van der Waals surface area contributed by atoms with Crippen molar-refractivity contribution >= 4 is 27.5 Å². The van der Waals surface area contributed by atoms with Gasteiger partial charge in [0.05, 0.1) is 5.52 Å². The Labute approximate surface area is 140 Å². The van der Waals surface area contributed by atoms with E-state index in [0.717, 1.165) is 35.2 Å². The van der Waals surface area contributed by atoms with Crippen LogP contribution in [-0.2, 0) is 6.42 Å². The zero-order chi connectivity index (χ0) is 16.5. The third-order valence-electron chi connectivity index (χ3n) is 4.30. The molecule has 4 rings (SSSR count). The molecule has 0 spiro atoms. The lowest BCUT2D eigenvalue weighted by molar-refractivity contribution is 0.476. The first kappa shape index (κ1) is 14.6. The fraction of sp³-hybridized carbons (Fsp3) is 0.150. The Bertz CT molecular complexity index is 1010. The van der Waals surface area contributed by atoms with Crippen molar-refractivity contribution in [3.63, 3.8) is 0 Å². The second kappa shape index (κ2) is 5.89. The van der Waals surface area contributed by atoms with E-state index < -0.39 is 0 Å². The van der Waals surface area contributed by atoms with Crippen LogP contribution in [0.1, 0.15) is 11.3 Å². The van der Waals surface area contributed by atoms with Gasteiger partial charge in [0.1, 0.15) is 5.75 Å². The lowest BCUT2D eigenvalue weighted by atomic mass is 10.1. The number of aromatic amines is 1. The molecule has 4 aromatic rings. The van der Waals surface area contributed by atoms with Gasteiger partial charge in [0.15, 0.2) is 0 Å². The molecule has 4 nitrogen and oxygen atoms in total. The van der Waals surface area contributed by atoms with Gasteiger partial charge in [-0.05, 0) is 48.6 Å². The number of aromatic hydroxyl groups is 1. The average molecular weight is 317 g/mol. The van der Waals surface area contributed by atoms with Gasteiger partial charge in [0, 0.05) is 41.1 Å². The van der Waals surface area contributed by atoms with E-state index in [1.807, 2.05) is 19.2 Å². The van der Waals surface area contributed by atoms with Crippen LogP contribution in [-0.4, -0.2) is 21.6 Å². The molecule has 2 aromatic heterocycles. The van der Waals surface area contributed by atoms with Crippen LogP contribution in [0.5, 0.6) is 5.75 Å². The fourth-order valence-corrected chi connectivity index (χ4v) is 3.19. The van der Waals surface area contributed by atoms with Crippen molar-refractivity contribution in [3.8, 4) is 5.75 Å². The van der Waals surface area contributed by atoms with Crippen molar-refractivity contribution in [1.82, 2.24) is 9.97 Å². The predicted octanol–water partition coefficient (Wildman–Crippen LogP) is 4.38. The fourth-order valence-electron chi connectivity index (χ4n) is 3.19. The lowest BCUT2D eigenvalue weighted by Crippen LogP contribution is -2.06. The van der Waals surface area contributed by atoms with Crippen LogP contribution in [0.3, 0.4) is 0 Å². The molecular weight excluding hydrogens is 298 g/mol. The number of hydrogen-bond donors (Lipinski definition) is 3. The molecular formula is C20H19N3O. The van der Waals surface area contributed by atoms with Crippen molar-refractivity contribution in [2.45, 2.75) is 13.3 Å². The second-order valence-electron chi connectivity index (χ2n) is 6.05. The van der Waals surface area contributed by atoms with Gasteiger partial charge in [0.2, 0.25) is 0 Å². The van der Waals surface area contributed by atoms with E-state index in [4.69, 9.17) is 0 Å². The summed E-state index contributed by atoms with van der Waals surface area (Å²) < 4.78 is 0. The highest BCUT2D eigenvalue weighted by Crippen LogP contribution is 2.26. The van der Waals surface area contributed by atoms with E-state index in [2.05, 4.69) is 45.6 Å². The summed E-state index contributed by atoms with van der Waals surface area (Å²) in [7, 11) is 0. The number of rotatable bonds is 4. The highest BCUT2D eigenvalue weighted by Gasteiger charge is 2.06. The molecule has 0 unspecified atom stereocenters. The maximum absolute atomic E-state index is 9.65. The first-order valence-electron chi connectivity index (χ1n) is 8.10. The molecule has 0 saturated heterocycles. The molecule has 0 aliphatic rings. The first-order valence-corrected chi connectivity index (χ1v) is 8.10. The van der Waals surface area contributed by atoms with Crippen LogP contribution < -0.4 is 5.32 Å². The number of phenolic OH excluding ortho intramolecular Hbond substituents is 1. The van der Waals surface area contributed by atoms with E-state index in [-0.39, 0.29) is 5.75 Å². The molecule has 2 aromatic carbocycles. The minimum absolute atomic E-state index is 0.241. The van der Waals surface area contributed by atoms with Crippen LogP contribution in [0.15, 0.2) is 54.7 Å². The largest absolute Gasteiger partial charge is 0.508 e. The summed E-state index contributed by atoms with van der Waals surface area (Å²) in [4.78, 5) is 7.81. The Morgan fingerprint density at radius 2 is 2.04 bits per heavy atom. The highest BCUT2D eigenvalue weighted by atomic mass is 16.3. The number of nitrogens with one attached hydrogen (secondary N) is 2. The topological polar surface area (TPSA) is 60.9 Å². The quantitative estimate of drug-likeness (QED) is 0.523. The van der Waals surface area contributed by atoms with E-state index in [1.54, 1.807) is 12.1 Å². The summed E-state index contributed by atoms with van der Waals surface area (Å²) in [5, 5.41) is 15.4. The van der Waals surface area contributed by atoms with E-state index >= 15 is 0 Å². The lowest BCUT2D eigenvalue weighted by Gasteiger charge is -2.11. The van der Waals surface area contributed by atoms with Crippen molar-refractivity contribution in [2.24, 2.45) is 0 Å². The number of para-hydroxylation sites is 1. The Balaban J connectivity index is 1.58. The zero-order valence-corrected chi connectivity index (χ0v) is 13.5. The van der Waals surface area contributed by atoms with Crippen LogP contribution in [0, 0.1) is 6.92 Å². The Kier molecular flexibility index (Phi) is 3.58. The maximum atomic E-state index is 9.65. The van der Waals surface area contributed by atoms with Crippen molar-refractivity contribution in [2.75, 3.05) is 11.9 Å². The molecule has 0 saturated carbocycles. The molecule has 3 N–H and O–H groups in total. The molecule has 0 fully saturated rings. The van der Waals surface area contributed by atoms with Crippen LogP contribution in [0.2, 0.25) is 0 Å². The summed E-state index contributed by atoms with van der Waals surface area (Å²) in [6, 6.07) is 15.8. The number of aromatic nitrogens is 2. The summed E-state index contributed by atoms with van der Waals surface area (Å²) >= 11 is 0. The predicted molar refractivity (Wildman–Crippen MR) is 98.6 cm³/mol. The van der Waals surface area contributed by atoms with Gasteiger partial charge in [-0.3, -0.25) is 4.98 Å². The number of benzene rings is 2. The minimum Gasteiger partial charge on any atom is -0.508 e. The summed E-state index contributed by atoms with van der Waals surface area (Å²) in [5.74, 6) is 0.241. The summed E-state index contributed by atoms with van der Waals surface area (Å²) in [5.41, 5.74) is 5.31. The van der Waals surface area contributed by atoms with Gasteiger partial charge >= 0.3 is 0 Å². The van der Waals surface area contributed by atoms with Crippen LogP contribution in [0.4, 0.5) is 5.69 Å². The third kappa shape index (κ3) is 2.67. The number of fused-ring (bicyclic) bond motifs is 2. The zero-order valence-electron chi connectivity index (χ0n) is 13.5. The SMILES string of the molecule is Cc1cc(NCCc2cccc3cc[nH]c23)c2ccc(O)cc2n1. The Hall–Kier alpha value is -3.01. The second-order valence-corrected chi connectivity index (χ2v) is 6.05. The van der Waals surface area contributed by atoms with Crippen molar-refractivity contribution in [3.05, 3.63) is 66.0 Å². The van der Waals surface area contributed by atoms with Gasteiger partial charge in [-0.2, -0.15) is 0 Å². The number of H-pyrrole nitrogens is 1. The summed E-state index contributed by atoms with van der Waals surface area (Å²) in [6.07, 6.45) is 2.91. The van der Waals surface area contributed by atoms with Crippen molar-refractivity contribution in [1.29, 1.82) is 0 Å². The smallest absolute Gasteiger partial charge is 0.117 e. The first-order chi connectivity index (χ1) is 11.7. The number of aryl methyl sites for hydroxylation is 1. The Morgan fingerprint density at radius 1 is 1.12 bits per heavy atom. The van der Waals surface area contributed by atoms with Crippen LogP contribution in [0.25, 0.3) is 21.8 Å². The van der Waals surface area contributed by atoms with Gasteiger partial charge in [-0.25, -0.2) is 0 Å². The number of nitrogens with zero attached hydrogens (tertiary/aromatic N) is 1. The normalized spacial score (nSPS) is 11.2. The summed E-state index contributed by atoms with van der Waals surface area (Å²) in [6.45, 7) is 2.80. The number of phenols is 1. The van der Waals surface area contributed by atoms with Gasteiger partial charge in [-0.1, -0.05) is 18.2 Å². The van der Waals surface area contributed by atoms with E-state index in [0.29, 0.717) is 0 Å². The molecule has 4 heteroatoms. The molecule has 0 radical (unpaired) electrons. The molecule has 0 aliphatic carbocycles. The van der Waals surface area contributed by atoms with E-state index in [1.165, 1.54) is 16.5 Å². The maximum Gasteiger partial charge on any atom is 0.117 e. The standard InChI is InChI=1S/C20H19N3O/c1-13-11-18(17-6-5-16(24)12-19(17)23-13)21-9-7-14-3-2-4-15-8-10-22-20(14)15/h2-6,8,10-12,22,24H,7,9H2,1H3,(H,21,23). The molecule has 0 amide bonds. The molecule has 24 heavy (non-hydrogen) atoms. The van der Waals surface area contributed by atoms with Gasteiger partial charge in [0.25, 0.3) is 0 Å². The molecule has 120 valence electrons. The number of anilines is 1. The third-order valence-corrected chi connectivity index (χ3v) is 4.30. The molecule has 0 bridgehead atoms. The van der Waals surface area contributed by atoms with E-state index in [9.17, 15) is 5.11 Å². The molecule has 0 atom stereocenters. The molecule has 0 aliphatic heterocycles. The van der Waals surface area contributed by atoms with Crippen molar-refractivity contribution < 1.29 is 5.11 Å². The highest BCUT2D eigenvalue weighted by molar-refractivity contribution is 5.92. The minimum atomic E-state index is 0.241. The number of hydrogen-bond acceptors (Lipinski definition) is 3. The van der Waals surface area contributed by atoms with Gasteiger partial charge < -0.3 is 15.4 Å². The number of pyridine rings is 1. The monoisotopic (exact) mass is 317 g/mol. The van der Waals surface area contributed by atoms with Crippen LogP contribution >= 0.6 is 0 Å². The average Bonchev–Trinajstić information content (AvgIpc) is 3.03.